The number of aryl methyl sites for hydroxylation is 1. The Labute approximate surface area is 196 Å². The zero-order chi connectivity index (χ0) is 23.0. The number of hydrogen-bond acceptors (Lipinski definition) is 5. The minimum Gasteiger partial charge on any atom is -0.550 e. The van der Waals surface area contributed by atoms with Crippen molar-refractivity contribution in [3.63, 3.8) is 0 Å². The summed E-state index contributed by atoms with van der Waals surface area (Å²) in [4.78, 5) is 20.4. The van der Waals surface area contributed by atoms with Crippen molar-refractivity contribution >= 4 is 17.7 Å². The Morgan fingerprint density at radius 2 is 1.84 bits per heavy atom. The van der Waals surface area contributed by atoms with Crippen molar-refractivity contribution < 1.29 is 9.90 Å². The van der Waals surface area contributed by atoms with Gasteiger partial charge in [-0.3, -0.25) is 0 Å². The molecule has 1 aromatic heterocycles. The van der Waals surface area contributed by atoms with Gasteiger partial charge in [-0.25, -0.2) is 9.97 Å². The molecule has 2 aromatic rings. The van der Waals surface area contributed by atoms with Crippen molar-refractivity contribution in [1.82, 2.24) is 9.97 Å². The highest BCUT2D eigenvalue weighted by atomic mass is 32.2. The number of unbranched alkanes of at least 4 members (excludes halogenated alkanes) is 3. The summed E-state index contributed by atoms with van der Waals surface area (Å²) in [5, 5.41) is 10.7. The van der Waals surface area contributed by atoms with E-state index < -0.39 is 5.97 Å². The maximum atomic E-state index is 10.7. The maximum Gasteiger partial charge on any atom is 0.133 e. The maximum absolute atomic E-state index is 10.7. The van der Waals surface area contributed by atoms with Crippen LogP contribution in [0, 0.1) is 11.8 Å². The summed E-state index contributed by atoms with van der Waals surface area (Å²) in [6.07, 6.45) is 12.4. The molecule has 0 spiro atoms. The summed E-state index contributed by atoms with van der Waals surface area (Å²) in [6, 6.07) is 4.75. The molecule has 1 aliphatic heterocycles. The summed E-state index contributed by atoms with van der Waals surface area (Å²) in [5.74, 6) is 6.86. The van der Waals surface area contributed by atoms with Crippen LogP contribution in [0.1, 0.15) is 93.8 Å². The van der Waals surface area contributed by atoms with Crippen LogP contribution in [0.2, 0.25) is 0 Å². The van der Waals surface area contributed by atoms with Crippen molar-refractivity contribution in [1.29, 1.82) is 0 Å². The first-order valence-electron chi connectivity index (χ1n) is 11.8. The summed E-state index contributed by atoms with van der Waals surface area (Å²) in [6.45, 7) is 6.85. The molecule has 3 rings (SSSR count). The number of carboxylic acid groups (broad SMARTS) is 1. The molecule has 0 unspecified atom stereocenters. The molecule has 170 valence electrons. The topological polar surface area (TPSA) is 65.9 Å². The van der Waals surface area contributed by atoms with Crippen molar-refractivity contribution in [3.8, 4) is 11.8 Å². The quantitative estimate of drug-likeness (QED) is 0.405. The number of aliphatic carboxylic acids is 1. The smallest absolute Gasteiger partial charge is 0.133 e. The number of carboxylic acids is 1. The van der Waals surface area contributed by atoms with E-state index in [9.17, 15) is 9.90 Å². The van der Waals surface area contributed by atoms with Crippen LogP contribution in [-0.2, 0) is 23.1 Å². The van der Waals surface area contributed by atoms with E-state index in [1.807, 2.05) is 11.8 Å². The molecule has 0 saturated heterocycles. The summed E-state index contributed by atoms with van der Waals surface area (Å²) in [5.41, 5.74) is 4.83. The molecule has 0 amide bonds. The zero-order valence-corrected chi connectivity index (χ0v) is 20.3. The minimum atomic E-state index is -1.18. The first-order valence-corrected chi connectivity index (χ1v) is 12.8. The summed E-state index contributed by atoms with van der Waals surface area (Å²) < 4.78 is 0. The van der Waals surface area contributed by atoms with Gasteiger partial charge in [0.25, 0.3) is 0 Å². The van der Waals surface area contributed by atoms with Crippen molar-refractivity contribution in [2.45, 2.75) is 88.9 Å². The van der Waals surface area contributed by atoms with Crippen LogP contribution < -0.4 is 5.11 Å². The van der Waals surface area contributed by atoms with Gasteiger partial charge in [-0.15, -0.1) is 11.8 Å². The Bertz CT molecular complexity index is 985. The van der Waals surface area contributed by atoms with Gasteiger partial charge < -0.3 is 9.90 Å². The predicted octanol–water partition coefficient (Wildman–Crippen LogP) is 4.85. The minimum absolute atomic E-state index is 0.243. The summed E-state index contributed by atoms with van der Waals surface area (Å²) >= 11 is 1.99. The van der Waals surface area contributed by atoms with Crippen molar-refractivity contribution in [2.24, 2.45) is 0 Å². The van der Waals surface area contributed by atoms with Gasteiger partial charge in [0.05, 0.1) is 5.56 Å². The molecule has 0 atom stereocenters. The number of carbonyl (C=O) groups is 1. The van der Waals surface area contributed by atoms with Crippen LogP contribution in [0.3, 0.4) is 0 Å². The third kappa shape index (κ3) is 5.92. The molecule has 4 nitrogen and oxygen atoms in total. The van der Waals surface area contributed by atoms with Crippen LogP contribution in [0.25, 0.3) is 0 Å². The van der Waals surface area contributed by atoms with Gasteiger partial charge in [-0.1, -0.05) is 51.9 Å². The molecule has 1 aliphatic rings. The zero-order valence-electron chi connectivity index (χ0n) is 19.5. The van der Waals surface area contributed by atoms with E-state index in [2.05, 4.69) is 54.7 Å². The number of nitrogens with zero attached hydrogens (tertiary/aromatic N) is 2. The number of fused-ring (bicyclic) bond motifs is 1. The van der Waals surface area contributed by atoms with Gasteiger partial charge in [-0.2, -0.15) is 0 Å². The predicted molar refractivity (Wildman–Crippen MR) is 129 cm³/mol. The van der Waals surface area contributed by atoms with Gasteiger partial charge in [-0.05, 0) is 66.5 Å². The van der Waals surface area contributed by atoms with Crippen LogP contribution in [0.15, 0.2) is 29.4 Å². The third-order valence-electron chi connectivity index (χ3n) is 6.62. The lowest BCUT2D eigenvalue weighted by Crippen LogP contribution is -2.29. The first kappa shape index (κ1) is 24.3. The number of rotatable bonds is 9. The third-order valence-corrected chi connectivity index (χ3v) is 7.67. The highest BCUT2D eigenvalue weighted by Crippen LogP contribution is 2.47. The molecule has 0 saturated carbocycles. The second-order valence-corrected chi connectivity index (χ2v) is 9.73. The molecule has 0 aliphatic carbocycles. The van der Waals surface area contributed by atoms with Crippen LogP contribution in [-0.4, -0.2) is 21.7 Å². The van der Waals surface area contributed by atoms with Gasteiger partial charge in [0, 0.05) is 35.2 Å². The normalized spacial score (nSPS) is 14.3. The van der Waals surface area contributed by atoms with E-state index in [0.717, 1.165) is 24.8 Å². The average molecular weight is 450 g/mol. The van der Waals surface area contributed by atoms with Gasteiger partial charge in [0.15, 0.2) is 0 Å². The van der Waals surface area contributed by atoms with Crippen LogP contribution >= 0.6 is 11.8 Å². The van der Waals surface area contributed by atoms with E-state index in [1.54, 1.807) is 12.4 Å². The second-order valence-electron chi connectivity index (χ2n) is 8.59. The standard InChI is InChI=1S/C27H34N2O2S/c1-4-7-8-9-10-21-16-24-23(27(5-2,6-3)13-14-32-24)15-22(21)12-11-20-18-28-25(29-19-20)17-26(30)31/h15-16,18-19H,4-10,13-14,17H2,1-3H3,(H,30,31)/p-1. The number of carbonyl (C=O) groups excluding carboxylic acids is 1. The van der Waals surface area contributed by atoms with Crippen molar-refractivity contribution in [2.75, 3.05) is 5.75 Å². The van der Waals surface area contributed by atoms with E-state index in [-0.39, 0.29) is 17.7 Å². The van der Waals surface area contributed by atoms with Crippen molar-refractivity contribution in [3.05, 3.63) is 52.6 Å². The van der Waals surface area contributed by atoms with E-state index in [4.69, 9.17) is 0 Å². The number of aromatic nitrogens is 2. The lowest BCUT2D eigenvalue weighted by atomic mass is 9.72. The lowest BCUT2D eigenvalue weighted by Gasteiger charge is -2.38. The first-order chi connectivity index (χ1) is 15.5. The molecule has 0 radical (unpaired) electrons. The fourth-order valence-electron chi connectivity index (χ4n) is 4.48. The Hall–Kier alpha value is -2.32. The van der Waals surface area contributed by atoms with Gasteiger partial charge in [0.2, 0.25) is 0 Å². The monoisotopic (exact) mass is 449 g/mol. The molecular weight excluding hydrogens is 416 g/mol. The lowest BCUT2D eigenvalue weighted by molar-refractivity contribution is -0.304. The molecular formula is C27H33N2O2S-. The Balaban J connectivity index is 1.95. The fraction of sp³-hybridized carbons (Fsp3) is 0.519. The van der Waals surface area contributed by atoms with Gasteiger partial charge >= 0.3 is 0 Å². The Morgan fingerprint density at radius 3 is 2.50 bits per heavy atom. The largest absolute Gasteiger partial charge is 0.550 e. The second kappa shape index (κ2) is 11.5. The van der Waals surface area contributed by atoms with Crippen LogP contribution in [0.4, 0.5) is 0 Å². The molecule has 0 bridgehead atoms. The Kier molecular flexibility index (Phi) is 8.75. The molecule has 2 heterocycles. The number of benzene rings is 1. The summed E-state index contributed by atoms with van der Waals surface area (Å²) in [7, 11) is 0. The number of thioether (sulfide) groups is 1. The molecule has 0 N–H and O–H groups in total. The van der Waals surface area contributed by atoms with E-state index in [1.165, 1.54) is 53.9 Å². The Morgan fingerprint density at radius 1 is 1.09 bits per heavy atom. The molecule has 0 fully saturated rings. The van der Waals surface area contributed by atoms with Crippen LogP contribution in [0.5, 0.6) is 0 Å². The molecule has 1 aromatic carbocycles. The molecule has 32 heavy (non-hydrogen) atoms. The van der Waals surface area contributed by atoms with E-state index in [0.29, 0.717) is 5.56 Å². The SMILES string of the molecule is CCCCCCc1cc2c(cc1C#Cc1cnc(CC(=O)[O-])nc1)C(CC)(CC)CCS2. The number of hydrogen-bond donors (Lipinski definition) is 0. The fourth-order valence-corrected chi connectivity index (χ4v) is 5.85. The molecule has 5 heteroatoms. The highest BCUT2D eigenvalue weighted by Gasteiger charge is 2.34. The highest BCUT2D eigenvalue weighted by molar-refractivity contribution is 7.99. The average Bonchev–Trinajstić information content (AvgIpc) is 2.80. The van der Waals surface area contributed by atoms with E-state index >= 15 is 0 Å². The van der Waals surface area contributed by atoms with Gasteiger partial charge in [0.1, 0.15) is 5.82 Å².